The van der Waals surface area contributed by atoms with E-state index in [9.17, 15) is 0 Å². The van der Waals surface area contributed by atoms with Crippen molar-refractivity contribution in [2.45, 2.75) is 58.5 Å². The molecule has 1 aliphatic heterocycles. The summed E-state index contributed by atoms with van der Waals surface area (Å²) in [6.07, 6.45) is 4.42. The minimum atomic E-state index is 0.380. The molecule has 0 unspecified atom stereocenters. The zero-order valence-electron chi connectivity index (χ0n) is 8.85. The van der Waals surface area contributed by atoms with Crippen LogP contribution < -0.4 is 0 Å². The fourth-order valence-corrected chi connectivity index (χ4v) is 2.82. The molecule has 1 atom stereocenters. The maximum atomic E-state index is 2.68. The van der Waals surface area contributed by atoms with E-state index in [0.717, 1.165) is 11.5 Å². The van der Waals surface area contributed by atoms with Crippen LogP contribution in [0.4, 0.5) is 0 Å². The van der Waals surface area contributed by atoms with Gasteiger partial charge in [-0.3, -0.25) is 4.90 Å². The van der Waals surface area contributed by atoms with E-state index in [1.807, 2.05) is 0 Å². The third-order valence-corrected chi connectivity index (χ3v) is 3.96. The third-order valence-electron chi connectivity index (χ3n) is 3.96. The normalized spacial score (nSPS) is 34.5. The summed E-state index contributed by atoms with van der Waals surface area (Å²) >= 11 is 0. The van der Waals surface area contributed by atoms with Crippen molar-refractivity contribution in [3.05, 3.63) is 0 Å². The first kappa shape index (κ1) is 8.55. The van der Waals surface area contributed by atoms with Gasteiger partial charge in [0.15, 0.2) is 0 Å². The van der Waals surface area contributed by atoms with Crippen molar-refractivity contribution in [3.8, 4) is 0 Å². The first-order valence-corrected chi connectivity index (χ1v) is 5.22. The average molecular weight is 167 g/mol. The Morgan fingerprint density at radius 3 is 2.00 bits per heavy atom. The summed E-state index contributed by atoms with van der Waals surface area (Å²) in [4.78, 5) is 2.68. The van der Waals surface area contributed by atoms with E-state index >= 15 is 0 Å². The first-order valence-electron chi connectivity index (χ1n) is 5.22. The van der Waals surface area contributed by atoms with Gasteiger partial charge in [0.25, 0.3) is 0 Å². The van der Waals surface area contributed by atoms with Gasteiger partial charge in [-0.1, -0.05) is 0 Å². The van der Waals surface area contributed by atoms with Gasteiger partial charge in [0.2, 0.25) is 0 Å². The van der Waals surface area contributed by atoms with Crippen LogP contribution in [0, 0.1) is 5.41 Å². The summed E-state index contributed by atoms with van der Waals surface area (Å²) < 4.78 is 0. The lowest BCUT2D eigenvalue weighted by Crippen LogP contribution is -2.44. The third kappa shape index (κ3) is 1.10. The first-order chi connectivity index (χ1) is 5.46. The molecule has 1 heterocycles. The number of rotatable bonds is 0. The molecule has 70 valence electrons. The number of hydrogen-bond donors (Lipinski definition) is 0. The van der Waals surface area contributed by atoms with Crippen LogP contribution in [0.25, 0.3) is 0 Å². The Morgan fingerprint density at radius 1 is 1.17 bits per heavy atom. The lowest BCUT2D eigenvalue weighted by molar-refractivity contribution is 0.113. The Balaban J connectivity index is 2.11. The van der Waals surface area contributed by atoms with Crippen LogP contribution in [0.1, 0.15) is 47.0 Å². The molecule has 0 amide bonds. The molecule has 2 aliphatic rings. The van der Waals surface area contributed by atoms with Gasteiger partial charge in [-0.25, -0.2) is 0 Å². The molecule has 1 saturated heterocycles. The second kappa shape index (κ2) is 2.25. The predicted octanol–water partition coefficient (Wildman–Crippen LogP) is 2.66. The van der Waals surface area contributed by atoms with E-state index in [-0.39, 0.29) is 0 Å². The number of nitrogens with zero attached hydrogens (tertiary/aromatic N) is 1. The smallest absolute Gasteiger partial charge is 0.0129 e. The van der Waals surface area contributed by atoms with E-state index in [0.29, 0.717) is 5.54 Å². The molecular formula is C11H21N. The predicted molar refractivity (Wildman–Crippen MR) is 52.2 cm³/mol. The van der Waals surface area contributed by atoms with Gasteiger partial charge in [-0.2, -0.15) is 0 Å². The molecule has 0 aromatic heterocycles. The van der Waals surface area contributed by atoms with Crippen molar-refractivity contribution in [2.24, 2.45) is 5.41 Å². The molecule has 12 heavy (non-hydrogen) atoms. The molecule has 1 aliphatic carbocycles. The van der Waals surface area contributed by atoms with Gasteiger partial charge in [-0.05, 0) is 58.9 Å². The standard InChI is InChI=1S/C11H21N/c1-9-11(5-6-11)7-8-12(9)10(2,3)4/h9H,5-8H2,1-4H3/t9-/m1/s1. The molecule has 0 aromatic rings. The van der Waals surface area contributed by atoms with Gasteiger partial charge in [0, 0.05) is 11.6 Å². The Labute approximate surface area is 76.1 Å². The van der Waals surface area contributed by atoms with Gasteiger partial charge in [-0.15, -0.1) is 0 Å². The summed E-state index contributed by atoms with van der Waals surface area (Å²) in [7, 11) is 0. The van der Waals surface area contributed by atoms with Gasteiger partial charge in [0.1, 0.15) is 0 Å². The Morgan fingerprint density at radius 2 is 1.75 bits per heavy atom. The average Bonchev–Trinajstić information content (AvgIpc) is 2.58. The molecule has 0 radical (unpaired) electrons. The molecule has 1 saturated carbocycles. The van der Waals surface area contributed by atoms with Gasteiger partial charge in [0.05, 0.1) is 0 Å². The van der Waals surface area contributed by atoms with Crippen LogP contribution in [-0.4, -0.2) is 23.0 Å². The zero-order chi connectivity index (χ0) is 8.98. The van der Waals surface area contributed by atoms with E-state index in [2.05, 4.69) is 32.6 Å². The summed E-state index contributed by atoms with van der Waals surface area (Å²) in [5, 5.41) is 0. The van der Waals surface area contributed by atoms with Crippen LogP contribution in [0.2, 0.25) is 0 Å². The SMILES string of the molecule is C[C@H]1N(C(C)(C)C)CCC12CC2. The molecule has 0 aromatic carbocycles. The fraction of sp³-hybridized carbons (Fsp3) is 1.00. The Kier molecular flexibility index (Phi) is 1.61. The van der Waals surface area contributed by atoms with E-state index in [1.165, 1.54) is 25.8 Å². The number of hydrogen-bond acceptors (Lipinski definition) is 1. The van der Waals surface area contributed by atoms with Crippen molar-refractivity contribution in [1.82, 2.24) is 4.90 Å². The number of likely N-dealkylation sites (tertiary alicyclic amines) is 1. The molecule has 2 rings (SSSR count). The topological polar surface area (TPSA) is 3.24 Å². The minimum absolute atomic E-state index is 0.380. The van der Waals surface area contributed by atoms with Gasteiger partial charge >= 0.3 is 0 Å². The highest BCUT2D eigenvalue weighted by atomic mass is 15.2. The quantitative estimate of drug-likeness (QED) is 0.536. The maximum absolute atomic E-state index is 2.68. The molecule has 1 nitrogen and oxygen atoms in total. The van der Waals surface area contributed by atoms with Crippen LogP contribution in [-0.2, 0) is 0 Å². The molecule has 2 fully saturated rings. The Bertz CT molecular complexity index is 186. The lowest BCUT2D eigenvalue weighted by atomic mass is 9.97. The summed E-state index contributed by atoms with van der Waals surface area (Å²) in [5.41, 5.74) is 1.14. The highest BCUT2D eigenvalue weighted by molar-refractivity contribution is 5.08. The second-order valence-electron chi connectivity index (χ2n) is 5.65. The van der Waals surface area contributed by atoms with Gasteiger partial charge < -0.3 is 0 Å². The van der Waals surface area contributed by atoms with Crippen LogP contribution >= 0.6 is 0 Å². The van der Waals surface area contributed by atoms with E-state index in [1.54, 1.807) is 0 Å². The van der Waals surface area contributed by atoms with Crippen LogP contribution in [0.5, 0.6) is 0 Å². The summed E-state index contributed by atoms with van der Waals surface area (Å²) in [5.74, 6) is 0. The monoisotopic (exact) mass is 167 g/mol. The molecule has 0 N–H and O–H groups in total. The summed E-state index contributed by atoms with van der Waals surface area (Å²) in [6, 6.07) is 0.831. The van der Waals surface area contributed by atoms with Crippen molar-refractivity contribution in [3.63, 3.8) is 0 Å². The van der Waals surface area contributed by atoms with Crippen molar-refractivity contribution >= 4 is 0 Å². The van der Waals surface area contributed by atoms with E-state index in [4.69, 9.17) is 0 Å². The molecule has 1 spiro atoms. The molecule has 1 heteroatoms. The highest BCUT2D eigenvalue weighted by Crippen LogP contribution is 2.57. The Hall–Kier alpha value is -0.0400. The van der Waals surface area contributed by atoms with Crippen molar-refractivity contribution in [1.29, 1.82) is 0 Å². The molecular weight excluding hydrogens is 146 g/mol. The fourth-order valence-electron chi connectivity index (χ4n) is 2.82. The zero-order valence-corrected chi connectivity index (χ0v) is 8.85. The molecule has 0 bridgehead atoms. The maximum Gasteiger partial charge on any atom is 0.0129 e. The summed E-state index contributed by atoms with van der Waals surface area (Å²) in [6.45, 7) is 10.8. The van der Waals surface area contributed by atoms with E-state index < -0.39 is 0 Å². The van der Waals surface area contributed by atoms with Crippen molar-refractivity contribution < 1.29 is 0 Å². The van der Waals surface area contributed by atoms with Crippen molar-refractivity contribution in [2.75, 3.05) is 6.54 Å². The lowest BCUT2D eigenvalue weighted by Gasteiger charge is -2.36. The minimum Gasteiger partial charge on any atom is -0.295 e. The van der Waals surface area contributed by atoms with Crippen LogP contribution in [0.15, 0.2) is 0 Å². The second-order valence-corrected chi connectivity index (χ2v) is 5.65. The van der Waals surface area contributed by atoms with Crippen LogP contribution in [0.3, 0.4) is 0 Å². The highest BCUT2D eigenvalue weighted by Gasteiger charge is 2.54. The largest absolute Gasteiger partial charge is 0.295 e.